The molecule has 0 bridgehead atoms. The standard InChI is InChI=1S/C16H24ClN3O/c1-16(2,3)20-8-6-12(7-9-20)19-15(21)13-5-4-11(18)10-14(13)17/h4-5,10,12H,6-9,18H2,1-3H3,(H,19,21). The smallest absolute Gasteiger partial charge is 0.253 e. The van der Waals surface area contributed by atoms with Crippen molar-refractivity contribution in [1.29, 1.82) is 0 Å². The number of anilines is 1. The first-order valence-corrected chi connectivity index (χ1v) is 7.76. The molecule has 1 amide bonds. The molecule has 0 aliphatic carbocycles. The van der Waals surface area contributed by atoms with Crippen molar-refractivity contribution in [2.24, 2.45) is 0 Å². The van der Waals surface area contributed by atoms with E-state index in [0.717, 1.165) is 25.9 Å². The Balaban J connectivity index is 1.93. The highest BCUT2D eigenvalue weighted by Gasteiger charge is 2.27. The average molecular weight is 310 g/mol. The summed E-state index contributed by atoms with van der Waals surface area (Å²) in [4.78, 5) is 14.7. The zero-order valence-electron chi connectivity index (χ0n) is 12.9. The number of halogens is 1. The minimum absolute atomic E-state index is 0.116. The fraction of sp³-hybridized carbons (Fsp3) is 0.562. The third-order valence-electron chi connectivity index (χ3n) is 4.02. The van der Waals surface area contributed by atoms with E-state index in [1.54, 1.807) is 18.2 Å². The number of benzene rings is 1. The minimum Gasteiger partial charge on any atom is -0.399 e. The number of amides is 1. The van der Waals surface area contributed by atoms with E-state index in [0.29, 0.717) is 16.3 Å². The summed E-state index contributed by atoms with van der Waals surface area (Å²) in [6.45, 7) is 8.67. The highest BCUT2D eigenvalue weighted by Crippen LogP contribution is 2.22. The van der Waals surface area contributed by atoms with Crippen LogP contribution < -0.4 is 11.1 Å². The number of rotatable bonds is 2. The molecule has 1 aromatic rings. The van der Waals surface area contributed by atoms with Crippen molar-refractivity contribution >= 4 is 23.2 Å². The summed E-state index contributed by atoms with van der Waals surface area (Å²) in [6.07, 6.45) is 1.94. The molecule has 1 aliphatic rings. The third-order valence-corrected chi connectivity index (χ3v) is 4.33. The van der Waals surface area contributed by atoms with Crippen LogP contribution in [0.5, 0.6) is 0 Å². The van der Waals surface area contributed by atoms with Crippen LogP contribution in [0, 0.1) is 0 Å². The van der Waals surface area contributed by atoms with E-state index in [9.17, 15) is 4.79 Å². The van der Waals surface area contributed by atoms with E-state index in [2.05, 4.69) is 31.0 Å². The summed E-state index contributed by atoms with van der Waals surface area (Å²) >= 11 is 6.08. The third kappa shape index (κ3) is 4.11. The number of likely N-dealkylation sites (tertiary alicyclic amines) is 1. The van der Waals surface area contributed by atoms with Crippen LogP contribution in [0.1, 0.15) is 44.0 Å². The van der Waals surface area contributed by atoms with Crippen LogP contribution in [0.2, 0.25) is 5.02 Å². The van der Waals surface area contributed by atoms with E-state index in [1.165, 1.54) is 0 Å². The van der Waals surface area contributed by atoms with Gasteiger partial charge in [-0.3, -0.25) is 9.69 Å². The fourth-order valence-corrected chi connectivity index (χ4v) is 2.95. The number of nitrogen functional groups attached to an aromatic ring is 1. The van der Waals surface area contributed by atoms with Gasteiger partial charge in [-0.25, -0.2) is 0 Å². The van der Waals surface area contributed by atoms with Crippen molar-refractivity contribution in [2.75, 3.05) is 18.8 Å². The Morgan fingerprint density at radius 3 is 2.48 bits per heavy atom. The zero-order valence-corrected chi connectivity index (χ0v) is 13.7. The van der Waals surface area contributed by atoms with Crippen LogP contribution in [0.25, 0.3) is 0 Å². The predicted molar refractivity (Wildman–Crippen MR) is 87.7 cm³/mol. The monoisotopic (exact) mass is 309 g/mol. The van der Waals surface area contributed by atoms with E-state index in [4.69, 9.17) is 17.3 Å². The van der Waals surface area contributed by atoms with Crippen LogP contribution in [-0.4, -0.2) is 35.5 Å². The Morgan fingerprint density at radius 1 is 1.33 bits per heavy atom. The summed E-state index contributed by atoms with van der Waals surface area (Å²) in [5.74, 6) is -0.116. The van der Waals surface area contributed by atoms with Gasteiger partial charge in [0, 0.05) is 30.4 Å². The van der Waals surface area contributed by atoms with Gasteiger partial charge in [-0.05, 0) is 51.8 Å². The zero-order chi connectivity index (χ0) is 15.6. The lowest BCUT2D eigenvalue weighted by molar-refractivity contribution is 0.0813. The van der Waals surface area contributed by atoms with Crippen molar-refractivity contribution in [3.8, 4) is 0 Å². The van der Waals surface area contributed by atoms with Gasteiger partial charge in [0.25, 0.3) is 5.91 Å². The normalized spacial score (nSPS) is 17.7. The Bertz CT molecular complexity index is 517. The SMILES string of the molecule is CC(C)(C)N1CCC(NC(=O)c2ccc(N)cc2Cl)CC1. The molecule has 1 fully saturated rings. The lowest BCUT2D eigenvalue weighted by atomic mass is 9.98. The van der Waals surface area contributed by atoms with Crippen LogP contribution in [-0.2, 0) is 0 Å². The van der Waals surface area contributed by atoms with Gasteiger partial charge >= 0.3 is 0 Å². The highest BCUT2D eigenvalue weighted by molar-refractivity contribution is 6.34. The number of nitrogens with one attached hydrogen (secondary N) is 1. The molecule has 0 unspecified atom stereocenters. The van der Waals surface area contributed by atoms with Crippen molar-refractivity contribution in [3.05, 3.63) is 28.8 Å². The van der Waals surface area contributed by atoms with E-state index in [-0.39, 0.29) is 17.5 Å². The first-order chi connectivity index (χ1) is 9.77. The number of hydrogen-bond acceptors (Lipinski definition) is 3. The lowest BCUT2D eigenvalue weighted by Crippen LogP contribution is -2.50. The molecular formula is C16H24ClN3O. The molecule has 2 rings (SSSR count). The maximum absolute atomic E-state index is 12.3. The molecule has 0 radical (unpaired) electrons. The van der Waals surface area contributed by atoms with Gasteiger partial charge in [0.1, 0.15) is 0 Å². The van der Waals surface area contributed by atoms with E-state index < -0.39 is 0 Å². The molecule has 5 heteroatoms. The van der Waals surface area contributed by atoms with Crippen molar-refractivity contribution in [1.82, 2.24) is 10.2 Å². The second kappa shape index (κ2) is 6.24. The Hall–Kier alpha value is -1.26. The van der Waals surface area contributed by atoms with Crippen LogP contribution in [0.3, 0.4) is 0 Å². The topological polar surface area (TPSA) is 58.4 Å². The Morgan fingerprint density at radius 2 is 1.95 bits per heavy atom. The van der Waals surface area contributed by atoms with Gasteiger partial charge < -0.3 is 11.1 Å². The molecule has 4 nitrogen and oxygen atoms in total. The minimum atomic E-state index is -0.116. The molecule has 3 N–H and O–H groups in total. The summed E-state index contributed by atoms with van der Waals surface area (Å²) in [5, 5.41) is 3.48. The second-order valence-electron chi connectivity index (χ2n) is 6.64. The van der Waals surface area contributed by atoms with E-state index in [1.807, 2.05) is 0 Å². The van der Waals surface area contributed by atoms with E-state index >= 15 is 0 Å². The maximum Gasteiger partial charge on any atom is 0.253 e. The van der Waals surface area contributed by atoms with Gasteiger partial charge in [-0.1, -0.05) is 11.6 Å². The molecule has 116 valence electrons. The lowest BCUT2D eigenvalue weighted by Gasteiger charge is -2.41. The maximum atomic E-state index is 12.3. The molecule has 1 aliphatic heterocycles. The molecule has 21 heavy (non-hydrogen) atoms. The Labute approximate surface area is 131 Å². The summed E-state index contributed by atoms with van der Waals surface area (Å²) in [5.41, 5.74) is 6.89. The quantitative estimate of drug-likeness (QED) is 0.826. The predicted octanol–water partition coefficient (Wildman–Crippen LogP) is 2.91. The first kappa shape index (κ1) is 16.1. The number of carbonyl (C=O) groups excluding carboxylic acids is 1. The summed E-state index contributed by atoms with van der Waals surface area (Å²) in [7, 11) is 0. The number of nitrogens with two attached hydrogens (primary N) is 1. The number of nitrogens with zero attached hydrogens (tertiary/aromatic N) is 1. The van der Waals surface area contributed by atoms with Crippen LogP contribution in [0.4, 0.5) is 5.69 Å². The fourth-order valence-electron chi connectivity index (χ4n) is 2.67. The number of carbonyl (C=O) groups is 1. The molecule has 1 aromatic carbocycles. The van der Waals surface area contributed by atoms with Crippen molar-refractivity contribution in [2.45, 2.75) is 45.2 Å². The molecule has 0 saturated carbocycles. The molecule has 0 atom stereocenters. The van der Waals surface area contributed by atoms with Crippen molar-refractivity contribution in [3.63, 3.8) is 0 Å². The molecule has 1 saturated heterocycles. The van der Waals surface area contributed by atoms with Crippen LogP contribution in [0.15, 0.2) is 18.2 Å². The van der Waals surface area contributed by atoms with Gasteiger partial charge in [0.15, 0.2) is 0 Å². The van der Waals surface area contributed by atoms with Crippen molar-refractivity contribution < 1.29 is 4.79 Å². The summed E-state index contributed by atoms with van der Waals surface area (Å²) < 4.78 is 0. The second-order valence-corrected chi connectivity index (χ2v) is 7.05. The first-order valence-electron chi connectivity index (χ1n) is 7.38. The average Bonchev–Trinajstić information content (AvgIpc) is 2.38. The van der Waals surface area contributed by atoms with Gasteiger partial charge in [-0.2, -0.15) is 0 Å². The number of hydrogen-bond donors (Lipinski definition) is 2. The molecule has 1 heterocycles. The Kier molecular flexibility index (Phi) is 4.79. The molecule has 0 aromatic heterocycles. The number of piperidine rings is 1. The molecule has 0 spiro atoms. The highest BCUT2D eigenvalue weighted by atomic mass is 35.5. The van der Waals surface area contributed by atoms with Crippen LogP contribution >= 0.6 is 11.6 Å². The van der Waals surface area contributed by atoms with Gasteiger partial charge in [0.2, 0.25) is 0 Å². The summed E-state index contributed by atoms with van der Waals surface area (Å²) in [6, 6.07) is 5.20. The van der Waals surface area contributed by atoms with Gasteiger partial charge in [0.05, 0.1) is 10.6 Å². The molecular weight excluding hydrogens is 286 g/mol. The largest absolute Gasteiger partial charge is 0.399 e. The van der Waals surface area contributed by atoms with Gasteiger partial charge in [-0.15, -0.1) is 0 Å².